The number of rotatable bonds is 60. The summed E-state index contributed by atoms with van der Waals surface area (Å²) in [5.41, 5.74) is 0. The molecule has 6 nitrogen and oxygen atoms in total. The number of carbonyl (C=O) groups excluding carboxylic acids is 3. The lowest BCUT2D eigenvalue weighted by Gasteiger charge is -2.18. The maximum atomic E-state index is 12.9. The van der Waals surface area contributed by atoms with E-state index >= 15 is 0 Å². The number of hydrogen-bond acceptors (Lipinski definition) is 6. The van der Waals surface area contributed by atoms with E-state index in [-0.39, 0.29) is 31.1 Å². The van der Waals surface area contributed by atoms with Crippen molar-refractivity contribution in [3.05, 3.63) is 12.2 Å². The van der Waals surface area contributed by atoms with Crippen LogP contribution in [0.1, 0.15) is 367 Å². The number of allylic oxidation sites excluding steroid dienone is 2. The molecule has 0 spiro atoms. The standard InChI is InChI=1S/C65H124O6/c1-4-7-10-13-16-19-22-25-28-31-32-35-38-41-44-47-50-53-56-59-65(68)71-62(60-69-63(66)57-54-51-48-45-42-39-36-33-29-26-23-20-17-14-11-8-5-2)61-70-64(67)58-55-52-49-46-43-40-37-34-30-27-24-21-18-15-12-9-6-3/h26,29,62H,4-25,27-28,30-61H2,1-3H3/b29-26-/t62-/m1/s1. The fourth-order valence-electron chi connectivity index (χ4n) is 9.91. The van der Waals surface area contributed by atoms with Gasteiger partial charge in [-0.15, -0.1) is 0 Å². The number of ether oxygens (including phenoxy) is 3. The maximum absolute atomic E-state index is 12.9. The van der Waals surface area contributed by atoms with E-state index in [1.807, 2.05) is 0 Å². The van der Waals surface area contributed by atoms with Gasteiger partial charge in [0.05, 0.1) is 0 Å². The van der Waals surface area contributed by atoms with Gasteiger partial charge in [0.25, 0.3) is 0 Å². The summed E-state index contributed by atoms with van der Waals surface area (Å²) in [6.45, 7) is 6.71. The molecular weight excluding hydrogens is 877 g/mol. The summed E-state index contributed by atoms with van der Waals surface area (Å²) in [6.07, 6.45) is 70.7. The fraction of sp³-hybridized carbons (Fsp3) is 0.923. The molecular formula is C65H124O6. The molecule has 0 heterocycles. The molecule has 0 aromatic rings. The van der Waals surface area contributed by atoms with Crippen molar-refractivity contribution in [1.82, 2.24) is 0 Å². The molecule has 0 aliphatic heterocycles. The molecule has 6 heteroatoms. The minimum absolute atomic E-state index is 0.0646. The maximum Gasteiger partial charge on any atom is 0.306 e. The van der Waals surface area contributed by atoms with E-state index in [0.717, 1.165) is 57.8 Å². The van der Waals surface area contributed by atoms with Crippen molar-refractivity contribution in [3.8, 4) is 0 Å². The summed E-state index contributed by atoms with van der Waals surface area (Å²) in [7, 11) is 0. The van der Waals surface area contributed by atoms with Gasteiger partial charge >= 0.3 is 17.9 Å². The topological polar surface area (TPSA) is 78.9 Å². The molecule has 0 amide bonds. The monoisotopic (exact) mass is 1000 g/mol. The Hall–Kier alpha value is -1.85. The van der Waals surface area contributed by atoms with Crippen LogP contribution in [0.25, 0.3) is 0 Å². The molecule has 71 heavy (non-hydrogen) atoms. The Kier molecular flexibility index (Phi) is 59.1. The van der Waals surface area contributed by atoms with Gasteiger partial charge in [0, 0.05) is 19.3 Å². The first-order chi connectivity index (χ1) is 35.0. The minimum Gasteiger partial charge on any atom is -0.462 e. The van der Waals surface area contributed by atoms with Crippen LogP contribution in [0.2, 0.25) is 0 Å². The predicted octanol–water partition coefficient (Wildman–Crippen LogP) is 21.7. The molecule has 1 atom stereocenters. The predicted molar refractivity (Wildman–Crippen MR) is 307 cm³/mol. The lowest BCUT2D eigenvalue weighted by molar-refractivity contribution is -0.167. The summed E-state index contributed by atoms with van der Waals surface area (Å²) in [5, 5.41) is 0. The Bertz CT molecular complexity index is 1100. The number of hydrogen-bond donors (Lipinski definition) is 0. The first kappa shape index (κ1) is 69.2. The summed E-state index contributed by atoms with van der Waals surface area (Å²) in [5.74, 6) is -0.837. The molecule has 0 saturated carbocycles. The van der Waals surface area contributed by atoms with Gasteiger partial charge in [0.15, 0.2) is 6.10 Å². The van der Waals surface area contributed by atoms with E-state index < -0.39 is 6.10 Å². The van der Waals surface area contributed by atoms with Gasteiger partial charge in [-0.1, -0.05) is 315 Å². The second kappa shape index (κ2) is 60.7. The van der Waals surface area contributed by atoms with Crippen LogP contribution >= 0.6 is 0 Å². The van der Waals surface area contributed by atoms with Gasteiger partial charge < -0.3 is 14.2 Å². The van der Waals surface area contributed by atoms with Gasteiger partial charge in [-0.05, 0) is 44.9 Å². The largest absolute Gasteiger partial charge is 0.462 e. The average Bonchev–Trinajstić information content (AvgIpc) is 3.37. The van der Waals surface area contributed by atoms with Gasteiger partial charge in [0.1, 0.15) is 13.2 Å². The Morgan fingerprint density at radius 1 is 0.268 bits per heavy atom. The number of unbranched alkanes of at least 4 members (excludes halogenated alkanes) is 47. The summed E-state index contributed by atoms with van der Waals surface area (Å²) in [6, 6.07) is 0. The first-order valence-electron chi connectivity index (χ1n) is 32.2. The third-order valence-corrected chi connectivity index (χ3v) is 14.8. The molecule has 0 aliphatic carbocycles. The van der Waals surface area contributed by atoms with Crippen LogP contribution in [-0.2, 0) is 28.6 Å². The van der Waals surface area contributed by atoms with Crippen molar-refractivity contribution >= 4 is 17.9 Å². The van der Waals surface area contributed by atoms with Crippen molar-refractivity contribution in [1.29, 1.82) is 0 Å². The normalized spacial score (nSPS) is 12.0. The van der Waals surface area contributed by atoms with Gasteiger partial charge in [-0.2, -0.15) is 0 Å². The summed E-state index contributed by atoms with van der Waals surface area (Å²) < 4.78 is 17.0. The number of carbonyl (C=O) groups is 3. The Morgan fingerprint density at radius 2 is 0.465 bits per heavy atom. The van der Waals surface area contributed by atoms with E-state index in [0.29, 0.717) is 19.3 Å². The Balaban J connectivity index is 4.30. The van der Waals surface area contributed by atoms with Crippen LogP contribution in [0.3, 0.4) is 0 Å². The third kappa shape index (κ3) is 58.9. The van der Waals surface area contributed by atoms with Crippen molar-refractivity contribution in [3.63, 3.8) is 0 Å². The SMILES string of the molecule is CCCCCCCC/C=C\CCCCCCCCCC(=O)OC[C@H](COC(=O)CCCCCCCCCCCCCCCCCCC)OC(=O)CCCCCCCCCCCCCCCCCCCCC. The smallest absolute Gasteiger partial charge is 0.306 e. The molecule has 0 aromatic carbocycles. The highest BCUT2D eigenvalue weighted by molar-refractivity contribution is 5.71. The van der Waals surface area contributed by atoms with E-state index in [4.69, 9.17) is 14.2 Å². The van der Waals surface area contributed by atoms with Crippen LogP contribution in [0, 0.1) is 0 Å². The van der Waals surface area contributed by atoms with Gasteiger partial charge in [0.2, 0.25) is 0 Å². The lowest BCUT2D eigenvalue weighted by atomic mass is 10.0. The van der Waals surface area contributed by atoms with Crippen LogP contribution in [0.5, 0.6) is 0 Å². The molecule has 0 fully saturated rings. The van der Waals surface area contributed by atoms with Crippen LogP contribution in [0.4, 0.5) is 0 Å². The van der Waals surface area contributed by atoms with Crippen LogP contribution < -0.4 is 0 Å². The quantitative estimate of drug-likeness (QED) is 0.0261. The molecule has 0 rings (SSSR count). The Morgan fingerprint density at radius 3 is 0.704 bits per heavy atom. The van der Waals surface area contributed by atoms with E-state index in [1.54, 1.807) is 0 Å². The van der Waals surface area contributed by atoms with Crippen LogP contribution in [0.15, 0.2) is 12.2 Å². The summed E-state index contributed by atoms with van der Waals surface area (Å²) in [4.78, 5) is 38.3. The molecule has 420 valence electrons. The highest BCUT2D eigenvalue weighted by atomic mass is 16.6. The molecule has 0 radical (unpaired) electrons. The number of esters is 3. The zero-order valence-electron chi connectivity index (χ0n) is 48.3. The lowest BCUT2D eigenvalue weighted by Crippen LogP contribution is -2.30. The molecule has 0 saturated heterocycles. The molecule has 0 aliphatic rings. The molecule has 0 N–H and O–H groups in total. The Labute approximate surface area is 443 Å². The minimum atomic E-state index is -0.767. The van der Waals surface area contributed by atoms with E-state index in [2.05, 4.69) is 32.9 Å². The van der Waals surface area contributed by atoms with Crippen molar-refractivity contribution in [2.75, 3.05) is 13.2 Å². The van der Waals surface area contributed by atoms with Crippen molar-refractivity contribution in [2.24, 2.45) is 0 Å². The third-order valence-electron chi connectivity index (χ3n) is 14.8. The fourth-order valence-corrected chi connectivity index (χ4v) is 9.91. The zero-order valence-corrected chi connectivity index (χ0v) is 48.3. The molecule has 0 bridgehead atoms. The first-order valence-corrected chi connectivity index (χ1v) is 32.2. The zero-order chi connectivity index (χ0) is 51.4. The second-order valence-electron chi connectivity index (χ2n) is 22.0. The van der Waals surface area contributed by atoms with Crippen molar-refractivity contribution < 1.29 is 28.6 Å². The van der Waals surface area contributed by atoms with Crippen molar-refractivity contribution in [2.45, 2.75) is 374 Å². The van der Waals surface area contributed by atoms with Gasteiger partial charge in [-0.25, -0.2) is 0 Å². The summed E-state index contributed by atoms with van der Waals surface area (Å²) >= 11 is 0. The van der Waals surface area contributed by atoms with Gasteiger partial charge in [-0.3, -0.25) is 14.4 Å². The highest BCUT2D eigenvalue weighted by Crippen LogP contribution is 2.18. The second-order valence-corrected chi connectivity index (χ2v) is 22.0. The van der Waals surface area contributed by atoms with Crippen LogP contribution in [-0.4, -0.2) is 37.2 Å². The average molecular weight is 1000 g/mol. The molecule has 0 unspecified atom stereocenters. The highest BCUT2D eigenvalue weighted by Gasteiger charge is 2.19. The van der Waals surface area contributed by atoms with E-state index in [9.17, 15) is 14.4 Å². The molecule has 0 aromatic heterocycles. The van der Waals surface area contributed by atoms with E-state index in [1.165, 1.54) is 270 Å².